The SMILES string of the molecule is CC=Cc1cc(C(O)(C(F)(F)F)C(F)(F)F)ccc1N1C[C@@H](C)N(C(=O)CN2C=N[C@@](C)(c3ccc4c(c3)CCO4)C2)CC1C. The van der Waals surface area contributed by atoms with Crippen molar-refractivity contribution in [2.45, 2.75) is 69.7 Å². The highest BCUT2D eigenvalue weighted by molar-refractivity contribution is 5.82. The maximum absolute atomic E-state index is 13.6. The second kappa shape index (κ2) is 11.6. The van der Waals surface area contributed by atoms with Crippen LogP contribution in [0, 0.1) is 0 Å². The summed E-state index contributed by atoms with van der Waals surface area (Å²) in [4.78, 5) is 23.7. The first-order valence-electron chi connectivity index (χ1n) is 14.7. The van der Waals surface area contributed by atoms with E-state index in [4.69, 9.17) is 9.73 Å². The number of carbonyl (C=O) groups excluding carboxylic acids is 1. The summed E-state index contributed by atoms with van der Waals surface area (Å²) in [6.45, 7) is 9.16. The van der Waals surface area contributed by atoms with Crippen LogP contribution in [0.5, 0.6) is 5.75 Å². The van der Waals surface area contributed by atoms with Crippen LogP contribution >= 0.6 is 0 Å². The highest BCUT2D eigenvalue weighted by Crippen LogP contribution is 2.50. The largest absolute Gasteiger partial charge is 0.493 e. The summed E-state index contributed by atoms with van der Waals surface area (Å²) >= 11 is 0. The van der Waals surface area contributed by atoms with Crippen molar-refractivity contribution in [3.8, 4) is 5.75 Å². The van der Waals surface area contributed by atoms with E-state index in [0.717, 1.165) is 29.4 Å². The van der Waals surface area contributed by atoms with Crippen LogP contribution in [0.25, 0.3) is 6.08 Å². The van der Waals surface area contributed by atoms with E-state index >= 15 is 0 Å². The molecule has 3 aliphatic heterocycles. The molecule has 5 rings (SSSR count). The number of halogens is 6. The van der Waals surface area contributed by atoms with Crippen molar-refractivity contribution in [3.05, 3.63) is 64.7 Å². The molecule has 1 saturated heterocycles. The standard InChI is InChI=1S/C32H36F6N4O3/c1-5-6-22-13-25(30(44,31(33,34)35)32(36,37)38)7-9-26(22)41-15-21(3)42(16-20(41)2)28(43)17-40-18-29(4,39-19-40)24-8-10-27-23(14-24)11-12-45-27/h5-10,13-14,19-21,44H,11-12,15-18H2,1-4H3/t20?,21-,29-/m1/s1. The minimum atomic E-state index is -5.98. The van der Waals surface area contributed by atoms with Crippen LogP contribution in [0.3, 0.4) is 0 Å². The molecule has 1 amide bonds. The topological polar surface area (TPSA) is 68.6 Å². The molecule has 7 nitrogen and oxygen atoms in total. The summed E-state index contributed by atoms with van der Waals surface area (Å²) in [6, 6.07) is 8.00. The van der Waals surface area contributed by atoms with Crippen LogP contribution < -0.4 is 9.64 Å². The highest BCUT2D eigenvalue weighted by Gasteiger charge is 2.71. The normalized spacial score (nSPS) is 24.0. The van der Waals surface area contributed by atoms with Gasteiger partial charge >= 0.3 is 12.4 Å². The fourth-order valence-corrected chi connectivity index (χ4v) is 6.39. The number of anilines is 1. The molecule has 0 bridgehead atoms. The van der Waals surface area contributed by atoms with Gasteiger partial charge in [-0.15, -0.1) is 0 Å². The van der Waals surface area contributed by atoms with E-state index in [1.807, 2.05) is 42.7 Å². The van der Waals surface area contributed by atoms with Crippen LogP contribution in [0.2, 0.25) is 0 Å². The smallest absolute Gasteiger partial charge is 0.430 e. The number of nitrogens with zero attached hydrogens (tertiary/aromatic N) is 4. The second-order valence-corrected chi connectivity index (χ2v) is 12.2. The minimum Gasteiger partial charge on any atom is -0.493 e. The number of amides is 1. The van der Waals surface area contributed by atoms with E-state index in [1.54, 1.807) is 18.2 Å². The van der Waals surface area contributed by atoms with Crippen molar-refractivity contribution in [1.82, 2.24) is 9.80 Å². The van der Waals surface area contributed by atoms with Crippen molar-refractivity contribution in [2.75, 3.05) is 37.7 Å². The van der Waals surface area contributed by atoms with E-state index in [1.165, 1.54) is 18.2 Å². The molecule has 0 aromatic heterocycles. The molecule has 1 unspecified atom stereocenters. The molecule has 1 fully saturated rings. The van der Waals surface area contributed by atoms with Gasteiger partial charge in [0.1, 0.15) is 11.3 Å². The molecular weight excluding hydrogens is 602 g/mol. The Balaban J connectivity index is 1.30. The Morgan fingerprint density at radius 2 is 1.78 bits per heavy atom. The lowest BCUT2D eigenvalue weighted by molar-refractivity contribution is -0.376. The molecule has 13 heteroatoms. The molecule has 0 aliphatic carbocycles. The number of aliphatic hydroxyl groups is 1. The number of hydrogen-bond acceptors (Lipinski definition) is 6. The van der Waals surface area contributed by atoms with E-state index in [-0.39, 0.29) is 30.1 Å². The molecule has 244 valence electrons. The zero-order valence-electron chi connectivity index (χ0n) is 25.4. The number of allylic oxidation sites excluding steroid dienone is 1. The maximum Gasteiger partial charge on any atom is 0.430 e. The molecule has 0 saturated carbocycles. The first-order valence-corrected chi connectivity index (χ1v) is 14.7. The van der Waals surface area contributed by atoms with Crippen LogP contribution in [-0.2, 0) is 22.4 Å². The van der Waals surface area contributed by atoms with Crippen molar-refractivity contribution in [3.63, 3.8) is 0 Å². The number of ether oxygens (including phenoxy) is 1. The Morgan fingerprint density at radius 1 is 1.07 bits per heavy atom. The van der Waals surface area contributed by atoms with E-state index in [0.29, 0.717) is 38.0 Å². The lowest BCUT2D eigenvalue weighted by Crippen LogP contribution is -2.59. The Labute approximate surface area is 257 Å². The van der Waals surface area contributed by atoms with Crippen LogP contribution in [0.4, 0.5) is 32.0 Å². The lowest BCUT2D eigenvalue weighted by atomic mass is 9.89. The Bertz CT molecular complexity index is 1490. The summed E-state index contributed by atoms with van der Waals surface area (Å²) < 4.78 is 87.0. The van der Waals surface area contributed by atoms with Gasteiger partial charge in [0.15, 0.2) is 0 Å². The van der Waals surface area contributed by atoms with Gasteiger partial charge in [-0.05, 0) is 68.7 Å². The van der Waals surface area contributed by atoms with Crippen LogP contribution in [-0.4, -0.2) is 84.4 Å². The summed E-state index contributed by atoms with van der Waals surface area (Å²) in [5, 5.41) is 9.94. The van der Waals surface area contributed by atoms with Crippen molar-refractivity contribution in [2.24, 2.45) is 4.99 Å². The van der Waals surface area contributed by atoms with Gasteiger partial charge in [-0.2, -0.15) is 26.3 Å². The molecule has 3 aliphatic rings. The average molecular weight is 639 g/mol. The van der Waals surface area contributed by atoms with E-state index in [9.17, 15) is 36.2 Å². The highest BCUT2D eigenvalue weighted by atomic mass is 19.4. The van der Waals surface area contributed by atoms with Gasteiger partial charge in [-0.3, -0.25) is 9.79 Å². The number of benzene rings is 2. The van der Waals surface area contributed by atoms with Gasteiger partial charge in [0.2, 0.25) is 5.91 Å². The molecule has 3 atom stereocenters. The third-order valence-corrected chi connectivity index (χ3v) is 8.89. The van der Waals surface area contributed by atoms with E-state index in [2.05, 4.69) is 6.07 Å². The number of fused-ring (bicyclic) bond motifs is 1. The number of rotatable bonds is 6. The Kier molecular flexibility index (Phi) is 8.39. The molecule has 3 heterocycles. The zero-order valence-corrected chi connectivity index (χ0v) is 25.4. The number of piperazine rings is 1. The predicted octanol–water partition coefficient (Wildman–Crippen LogP) is 5.65. The first-order chi connectivity index (χ1) is 21.0. The van der Waals surface area contributed by atoms with Gasteiger partial charge in [0.25, 0.3) is 5.60 Å². The summed E-state index contributed by atoms with van der Waals surface area (Å²) in [7, 11) is 0. The number of alkyl halides is 6. The quantitative estimate of drug-likeness (QED) is 0.415. The molecule has 1 N–H and O–H groups in total. The monoisotopic (exact) mass is 638 g/mol. The van der Waals surface area contributed by atoms with Crippen LogP contribution in [0.15, 0.2) is 47.5 Å². The molecule has 45 heavy (non-hydrogen) atoms. The van der Waals surface area contributed by atoms with Crippen molar-refractivity contribution >= 4 is 24.0 Å². The fraction of sp³-hybridized carbons (Fsp3) is 0.500. The summed E-state index contributed by atoms with van der Waals surface area (Å²) in [5.74, 6) is 0.771. The van der Waals surface area contributed by atoms with Gasteiger partial charge < -0.3 is 24.5 Å². The average Bonchev–Trinajstić information content (AvgIpc) is 3.59. The molecular formula is C32H36F6N4O3. The second-order valence-electron chi connectivity index (χ2n) is 12.2. The Morgan fingerprint density at radius 3 is 2.44 bits per heavy atom. The summed E-state index contributed by atoms with van der Waals surface area (Å²) in [5.41, 5.74) is -4.19. The molecule has 2 aromatic rings. The first kappa shape index (κ1) is 32.6. The molecule has 2 aromatic carbocycles. The fourth-order valence-electron chi connectivity index (χ4n) is 6.39. The summed E-state index contributed by atoms with van der Waals surface area (Å²) in [6.07, 6.45) is -6.53. The third-order valence-electron chi connectivity index (χ3n) is 8.89. The van der Waals surface area contributed by atoms with Gasteiger partial charge in [-0.25, -0.2) is 0 Å². The van der Waals surface area contributed by atoms with Crippen LogP contribution in [0.1, 0.15) is 49.9 Å². The molecule has 0 radical (unpaired) electrons. The number of carbonyl (C=O) groups is 1. The third kappa shape index (κ3) is 5.86. The van der Waals surface area contributed by atoms with Gasteiger partial charge in [-0.1, -0.05) is 24.3 Å². The number of aliphatic imine (C=N–C) groups is 1. The van der Waals surface area contributed by atoms with Crippen molar-refractivity contribution < 1.29 is 41.0 Å². The minimum absolute atomic E-state index is 0.0893. The lowest BCUT2D eigenvalue weighted by Gasteiger charge is -2.46. The molecule has 0 spiro atoms. The predicted molar refractivity (Wildman–Crippen MR) is 158 cm³/mol. The van der Waals surface area contributed by atoms with E-state index < -0.39 is 29.1 Å². The van der Waals surface area contributed by atoms with Crippen molar-refractivity contribution in [1.29, 1.82) is 0 Å². The Hall–Kier alpha value is -3.74. The number of hydrogen-bond donors (Lipinski definition) is 1. The van der Waals surface area contributed by atoms with Gasteiger partial charge in [0.05, 0.1) is 19.5 Å². The van der Waals surface area contributed by atoms with Gasteiger partial charge in [0, 0.05) is 49.4 Å². The zero-order chi connectivity index (χ0) is 32.9. The maximum atomic E-state index is 13.6.